The smallest absolute Gasteiger partial charge is 0.224 e. The van der Waals surface area contributed by atoms with Crippen LogP contribution in [0.2, 0.25) is 0 Å². The number of sulfone groups is 1. The number of amides is 1. The van der Waals surface area contributed by atoms with Gasteiger partial charge in [-0.3, -0.25) is 4.79 Å². The second kappa shape index (κ2) is 5.88. The van der Waals surface area contributed by atoms with E-state index in [1.807, 2.05) is 0 Å². The molecule has 20 heavy (non-hydrogen) atoms. The summed E-state index contributed by atoms with van der Waals surface area (Å²) in [4.78, 5) is 11.8. The monoisotopic (exact) mass is 300 g/mol. The molecule has 1 aliphatic rings. The summed E-state index contributed by atoms with van der Waals surface area (Å²) >= 11 is 0. The maximum Gasteiger partial charge on any atom is 0.224 e. The van der Waals surface area contributed by atoms with Crippen molar-refractivity contribution >= 4 is 15.7 Å². The van der Waals surface area contributed by atoms with E-state index < -0.39 is 21.6 Å². The first-order valence-corrected chi connectivity index (χ1v) is 8.19. The number of rotatable bonds is 4. The molecule has 0 radical (unpaired) electrons. The molecule has 2 rings (SSSR count). The lowest BCUT2D eigenvalue weighted by molar-refractivity contribution is -0.124. The van der Waals surface area contributed by atoms with E-state index in [1.54, 1.807) is 12.1 Å². The van der Waals surface area contributed by atoms with Crippen molar-refractivity contribution in [2.45, 2.75) is 19.5 Å². The maximum atomic E-state index is 13.7. The summed E-state index contributed by atoms with van der Waals surface area (Å²) < 4.78 is 36.3. The number of nitrogens with one attached hydrogen (secondary N) is 1. The number of nitrogens with two attached hydrogens (primary N) is 1. The highest BCUT2D eigenvalue weighted by molar-refractivity contribution is 7.91. The second-order valence-electron chi connectivity index (χ2n) is 4.95. The van der Waals surface area contributed by atoms with Crippen LogP contribution in [0.3, 0.4) is 0 Å². The Hall–Kier alpha value is -1.47. The third-order valence-corrected chi connectivity index (χ3v) is 5.18. The molecule has 1 fully saturated rings. The second-order valence-corrected chi connectivity index (χ2v) is 7.18. The molecule has 110 valence electrons. The van der Waals surface area contributed by atoms with Gasteiger partial charge in [-0.25, -0.2) is 12.8 Å². The molecule has 1 amide bonds. The molecule has 0 saturated carbocycles. The molecule has 0 bridgehead atoms. The van der Waals surface area contributed by atoms with E-state index in [2.05, 4.69) is 5.32 Å². The molecular formula is C13H17FN2O3S. The Morgan fingerprint density at radius 3 is 2.75 bits per heavy atom. The largest absolute Gasteiger partial charge is 0.352 e. The fourth-order valence-electron chi connectivity index (χ4n) is 2.19. The van der Waals surface area contributed by atoms with E-state index in [-0.39, 0.29) is 30.5 Å². The van der Waals surface area contributed by atoms with Gasteiger partial charge in [-0.2, -0.15) is 0 Å². The SMILES string of the molecule is NCc1ccc(CNC(=O)C2CCS(=O)(=O)C2)c(F)c1. The minimum atomic E-state index is -3.09. The summed E-state index contributed by atoms with van der Waals surface area (Å²) in [6.45, 7) is 0.301. The van der Waals surface area contributed by atoms with E-state index in [9.17, 15) is 17.6 Å². The zero-order valence-electron chi connectivity index (χ0n) is 10.9. The number of halogens is 1. The van der Waals surface area contributed by atoms with Gasteiger partial charge in [0, 0.05) is 18.7 Å². The Bertz CT molecular complexity index is 616. The van der Waals surface area contributed by atoms with Gasteiger partial charge in [0.2, 0.25) is 5.91 Å². The lowest BCUT2D eigenvalue weighted by Gasteiger charge is -2.10. The fraction of sp³-hybridized carbons (Fsp3) is 0.462. The molecule has 1 aromatic rings. The van der Waals surface area contributed by atoms with Crippen molar-refractivity contribution in [2.24, 2.45) is 11.7 Å². The Labute approximate surface area is 117 Å². The number of benzene rings is 1. The van der Waals surface area contributed by atoms with Gasteiger partial charge in [-0.15, -0.1) is 0 Å². The normalized spacial score (nSPS) is 20.8. The molecular weight excluding hydrogens is 283 g/mol. The van der Waals surface area contributed by atoms with Crippen molar-refractivity contribution in [2.75, 3.05) is 11.5 Å². The highest BCUT2D eigenvalue weighted by atomic mass is 32.2. The van der Waals surface area contributed by atoms with Gasteiger partial charge < -0.3 is 11.1 Å². The Morgan fingerprint density at radius 1 is 1.45 bits per heavy atom. The molecule has 3 N–H and O–H groups in total. The van der Waals surface area contributed by atoms with Crippen LogP contribution in [0, 0.1) is 11.7 Å². The molecule has 1 aromatic carbocycles. The molecule has 0 spiro atoms. The van der Waals surface area contributed by atoms with Gasteiger partial charge in [-0.05, 0) is 18.1 Å². The highest BCUT2D eigenvalue weighted by Gasteiger charge is 2.32. The number of carbonyl (C=O) groups excluding carboxylic acids is 1. The summed E-state index contributed by atoms with van der Waals surface area (Å²) in [6.07, 6.45) is 0.336. The lowest BCUT2D eigenvalue weighted by atomic mass is 10.1. The Kier molecular flexibility index (Phi) is 4.39. The van der Waals surface area contributed by atoms with Crippen LogP contribution in [0.4, 0.5) is 4.39 Å². The van der Waals surface area contributed by atoms with Crippen LogP contribution in [0.15, 0.2) is 18.2 Å². The molecule has 7 heteroatoms. The number of hydrogen-bond donors (Lipinski definition) is 2. The van der Waals surface area contributed by atoms with Crippen molar-refractivity contribution in [3.05, 3.63) is 35.1 Å². The molecule has 5 nitrogen and oxygen atoms in total. The van der Waals surface area contributed by atoms with Crippen molar-refractivity contribution in [3.8, 4) is 0 Å². The predicted molar refractivity (Wildman–Crippen MR) is 72.9 cm³/mol. The van der Waals surface area contributed by atoms with Crippen LogP contribution in [0.5, 0.6) is 0 Å². The van der Waals surface area contributed by atoms with E-state index in [1.165, 1.54) is 6.07 Å². The highest BCUT2D eigenvalue weighted by Crippen LogP contribution is 2.18. The standard InChI is InChI=1S/C13H17FN2O3S/c14-12-5-9(6-15)1-2-10(12)7-16-13(17)11-3-4-20(18,19)8-11/h1-2,5,11H,3-4,6-8,15H2,(H,16,17). The number of hydrogen-bond acceptors (Lipinski definition) is 4. The first-order valence-electron chi connectivity index (χ1n) is 6.37. The minimum absolute atomic E-state index is 0.0463. The Balaban J connectivity index is 1.94. The summed E-state index contributed by atoms with van der Waals surface area (Å²) in [5, 5.41) is 2.58. The van der Waals surface area contributed by atoms with Gasteiger partial charge in [0.15, 0.2) is 9.84 Å². The molecule has 1 aliphatic heterocycles. The van der Waals surface area contributed by atoms with Crippen molar-refractivity contribution in [3.63, 3.8) is 0 Å². The lowest BCUT2D eigenvalue weighted by Crippen LogP contribution is -2.31. The van der Waals surface area contributed by atoms with E-state index in [0.717, 1.165) is 0 Å². The van der Waals surface area contributed by atoms with E-state index in [0.29, 0.717) is 17.5 Å². The van der Waals surface area contributed by atoms with Crippen molar-refractivity contribution < 1.29 is 17.6 Å². The topological polar surface area (TPSA) is 89.3 Å². The van der Waals surface area contributed by atoms with E-state index in [4.69, 9.17) is 5.73 Å². The van der Waals surface area contributed by atoms with Crippen LogP contribution in [-0.4, -0.2) is 25.8 Å². The zero-order chi connectivity index (χ0) is 14.8. The molecule has 0 aromatic heterocycles. The fourth-order valence-corrected chi connectivity index (χ4v) is 3.93. The van der Waals surface area contributed by atoms with Crippen LogP contribution in [0.1, 0.15) is 17.5 Å². The summed E-state index contributed by atoms with van der Waals surface area (Å²) in [5.41, 5.74) is 6.44. The quantitative estimate of drug-likeness (QED) is 0.839. The van der Waals surface area contributed by atoms with Gasteiger partial charge in [0.05, 0.1) is 17.4 Å². The zero-order valence-corrected chi connectivity index (χ0v) is 11.7. The van der Waals surface area contributed by atoms with E-state index >= 15 is 0 Å². The summed E-state index contributed by atoms with van der Waals surface area (Å²) in [7, 11) is -3.09. The molecule has 0 aliphatic carbocycles. The predicted octanol–water partition coefficient (Wildman–Crippen LogP) is 0.335. The van der Waals surface area contributed by atoms with Crippen molar-refractivity contribution in [1.82, 2.24) is 5.32 Å². The average Bonchev–Trinajstić information content (AvgIpc) is 2.77. The van der Waals surface area contributed by atoms with Gasteiger partial charge >= 0.3 is 0 Å². The van der Waals surface area contributed by atoms with Crippen LogP contribution in [0.25, 0.3) is 0 Å². The van der Waals surface area contributed by atoms with Gasteiger partial charge in [0.25, 0.3) is 0 Å². The summed E-state index contributed by atoms with van der Waals surface area (Å²) in [6, 6.07) is 4.61. The van der Waals surface area contributed by atoms with Crippen LogP contribution >= 0.6 is 0 Å². The minimum Gasteiger partial charge on any atom is -0.352 e. The van der Waals surface area contributed by atoms with Crippen LogP contribution < -0.4 is 11.1 Å². The first kappa shape index (κ1) is 14.9. The van der Waals surface area contributed by atoms with Gasteiger partial charge in [-0.1, -0.05) is 12.1 Å². The van der Waals surface area contributed by atoms with Crippen molar-refractivity contribution in [1.29, 1.82) is 0 Å². The average molecular weight is 300 g/mol. The molecule has 1 atom stereocenters. The third kappa shape index (κ3) is 3.55. The number of carbonyl (C=O) groups is 1. The van der Waals surface area contributed by atoms with Crippen LogP contribution in [-0.2, 0) is 27.7 Å². The first-order chi connectivity index (χ1) is 9.41. The molecule has 1 unspecified atom stereocenters. The molecule has 1 saturated heterocycles. The maximum absolute atomic E-state index is 13.7. The van der Waals surface area contributed by atoms with Gasteiger partial charge in [0.1, 0.15) is 5.82 Å². The molecule has 1 heterocycles. The Morgan fingerprint density at radius 2 is 2.20 bits per heavy atom. The summed E-state index contributed by atoms with van der Waals surface area (Å²) in [5.74, 6) is -1.36. The third-order valence-electron chi connectivity index (χ3n) is 3.41.